The molecule has 0 saturated carbocycles. The highest BCUT2D eigenvalue weighted by Crippen LogP contribution is 2.36. The zero-order chi connectivity index (χ0) is 24.4. The molecule has 1 atom stereocenters. The highest BCUT2D eigenvalue weighted by molar-refractivity contribution is 6.36. The molecule has 5 rings (SSSR count). The van der Waals surface area contributed by atoms with Crippen LogP contribution in [-0.2, 0) is 0 Å². The number of carbonyl (C=O) groups is 1. The van der Waals surface area contributed by atoms with E-state index in [1.165, 1.54) is 0 Å². The zero-order valence-corrected chi connectivity index (χ0v) is 20.3. The summed E-state index contributed by atoms with van der Waals surface area (Å²) in [6.45, 7) is 0. The predicted molar refractivity (Wildman–Crippen MR) is 143 cm³/mol. The number of rotatable bonds is 5. The van der Waals surface area contributed by atoms with E-state index < -0.39 is 5.92 Å². The summed E-state index contributed by atoms with van der Waals surface area (Å²) in [5, 5.41) is 0.926. The van der Waals surface area contributed by atoms with Crippen LogP contribution in [0.2, 0.25) is 10.0 Å². The molecule has 0 spiro atoms. The van der Waals surface area contributed by atoms with Crippen LogP contribution in [0.5, 0.6) is 5.75 Å². The number of aliphatic imine (C=N–C) groups is 2. The Hall–Kier alpha value is -3.73. The molecule has 0 aliphatic heterocycles. The predicted octanol–water partition coefficient (Wildman–Crippen LogP) is 7.85. The number of Topliss-reactive ketones (excluding diaryl/α,β-unsaturated/α-hetero) is 1. The van der Waals surface area contributed by atoms with Gasteiger partial charge in [-0.15, -0.1) is 0 Å². The van der Waals surface area contributed by atoms with Gasteiger partial charge in [0.15, 0.2) is 5.78 Å². The van der Waals surface area contributed by atoms with E-state index in [9.17, 15) is 4.79 Å². The van der Waals surface area contributed by atoms with E-state index in [0.717, 1.165) is 28.2 Å². The van der Waals surface area contributed by atoms with Crippen LogP contribution in [0.3, 0.4) is 0 Å². The Morgan fingerprint density at radius 2 is 1.49 bits per heavy atom. The molecule has 4 aromatic rings. The summed E-state index contributed by atoms with van der Waals surface area (Å²) in [6.07, 6.45) is 1.66. The second-order valence-electron chi connectivity index (χ2n) is 8.04. The molecule has 35 heavy (non-hydrogen) atoms. The molecule has 0 aromatic heterocycles. The summed E-state index contributed by atoms with van der Waals surface area (Å²) in [5.41, 5.74) is 5.42. The van der Waals surface area contributed by atoms with Gasteiger partial charge in [-0.1, -0.05) is 77.8 Å². The Bertz CT molecular complexity index is 1460. The number of ether oxygens (including phenoxy) is 1. The Labute approximate surface area is 213 Å². The number of hydrogen-bond donors (Lipinski definition) is 0. The van der Waals surface area contributed by atoms with Crippen LogP contribution in [0.25, 0.3) is 0 Å². The number of methoxy groups -OCH3 is 1. The minimum Gasteiger partial charge on any atom is -0.495 e. The summed E-state index contributed by atoms with van der Waals surface area (Å²) < 4.78 is 5.37. The van der Waals surface area contributed by atoms with Gasteiger partial charge in [0.1, 0.15) is 5.75 Å². The number of ketones is 1. The van der Waals surface area contributed by atoms with Crippen molar-refractivity contribution in [2.45, 2.75) is 5.92 Å². The quantitative estimate of drug-likeness (QED) is 0.263. The number of fused-ring (bicyclic) bond motifs is 1. The van der Waals surface area contributed by atoms with Crippen molar-refractivity contribution in [2.75, 3.05) is 7.11 Å². The molecular formula is C29H20Cl2N2O2. The SMILES string of the molecule is COc1c(Cl)cc(Cl)cc1C=Nc1ccc(N=C2c3ccccc3C(=O)C2c2ccccc2)cc1. The van der Waals surface area contributed by atoms with Crippen LogP contribution in [-0.4, -0.2) is 24.8 Å². The lowest BCUT2D eigenvalue weighted by Gasteiger charge is -2.11. The van der Waals surface area contributed by atoms with Gasteiger partial charge in [0.2, 0.25) is 0 Å². The Morgan fingerprint density at radius 1 is 0.829 bits per heavy atom. The molecule has 0 radical (unpaired) electrons. The largest absolute Gasteiger partial charge is 0.495 e. The van der Waals surface area contributed by atoms with Crippen molar-refractivity contribution in [2.24, 2.45) is 9.98 Å². The second-order valence-corrected chi connectivity index (χ2v) is 8.88. The first-order valence-corrected chi connectivity index (χ1v) is 11.7. The Morgan fingerprint density at radius 3 is 2.20 bits per heavy atom. The van der Waals surface area contributed by atoms with Gasteiger partial charge in [-0.3, -0.25) is 14.8 Å². The fraction of sp³-hybridized carbons (Fsp3) is 0.0690. The van der Waals surface area contributed by atoms with Crippen molar-refractivity contribution in [1.29, 1.82) is 0 Å². The van der Waals surface area contributed by atoms with Crippen LogP contribution < -0.4 is 4.74 Å². The highest BCUT2D eigenvalue weighted by Gasteiger charge is 2.37. The standard InChI is InChI=1S/C29H20Cl2N2O2/c1-35-29-19(15-20(30)16-25(29)31)17-32-21-11-13-22(14-12-21)33-27-23-9-5-6-10-24(23)28(34)26(27)18-7-3-2-4-8-18/h2-17,26H,1H3. The van der Waals surface area contributed by atoms with Crippen molar-refractivity contribution in [1.82, 2.24) is 0 Å². The average molecular weight is 499 g/mol. The molecule has 0 N–H and O–H groups in total. The fourth-order valence-corrected chi connectivity index (χ4v) is 4.81. The van der Waals surface area contributed by atoms with Crippen LogP contribution in [0.15, 0.2) is 101 Å². The zero-order valence-electron chi connectivity index (χ0n) is 18.8. The number of nitrogens with zero attached hydrogens (tertiary/aromatic N) is 2. The molecule has 1 aliphatic rings. The number of hydrogen-bond acceptors (Lipinski definition) is 4. The normalized spacial score (nSPS) is 16.1. The van der Waals surface area contributed by atoms with E-state index in [-0.39, 0.29) is 5.78 Å². The van der Waals surface area contributed by atoms with E-state index >= 15 is 0 Å². The number of carbonyl (C=O) groups excluding carboxylic acids is 1. The maximum Gasteiger partial charge on any atom is 0.176 e. The smallest absolute Gasteiger partial charge is 0.176 e. The molecule has 1 unspecified atom stereocenters. The maximum absolute atomic E-state index is 13.2. The topological polar surface area (TPSA) is 51.0 Å². The van der Waals surface area contributed by atoms with Crippen molar-refractivity contribution in [3.8, 4) is 5.75 Å². The summed E-state index contributed by atoms with van der Waals surface area (Å²) in [6, 6.07) is 28.3. The third kappa shape index (κ3) is 4.63. The summed E-state index contributed by atoms with van der Waals surface area (Å²) in [5.74, 6) is 0.159. The van der Waals surface area contributed by atoms with Crippen LogP contribution in [0, 0.1) is 0 Å². The van der Waals surface area contributed by atoms with Crippen molar-refractivity contribution < 1.29 is 9.53 Å². The molecule has 4 nitrogen and oxygen atoms in total. The van der Waals surface area contributed by atoms with Gasteiger partial charge in [-0.2, -0.15) is 0 Å². The van der Waals surface area contributed by atoms with Gasteiger partial charge >= 0.3 is 0 Å². The molecule has 0 fully saturated rings. The van der Waals surface area contributed by atoms with E-state index in [2.05, 4.69) is 4.99 Å². The van der Waals surface area contributed by atoms with E-state index in [4.69, 9.17) is 32.9 Å². The van der Waals surface area contributed by atoms with Crippen molar-refractivity contribution in [3.63, 3.8) is 0 Å². The minimum absolute atomic E-state index is 0.0703. The number of halogens is 2. The summed E-state index contributed by atoms with van der Waals surface area (Å²) in [7, 11) is 1.55. The van der Waals surface area contributed by atoms with Crippen LogP contribution in [0.4, 0.5) is 11.4 Å². The third-order valence-electron chi connectivity index (χ3n) is 5.83. The minimum atomic E-state index is -0.425. The molecule has 0 saturated heterocycles. The monoisotopic (exact) mass is 498 g/mol. The molecule has 172 valence electrons. The van der Waals surface area contributed by atoms with Gasteiger partial charge in [0, 0.05) is 27.9 Å². The molecule has 0 heterocycles. The first kappa shape index (κ1) is 23.0. The van der Waals surface area contributed by atoms with Gasteiger partial charge < -0.3 is 4.74 Å². The van der Waals surface area contributed by atoms with Crippen molar-refractivity contribution >= 4 is 52.3 Å². The summed E-state index contributed by atoms with van der Waals surface area (Å²) >= 11 is 12.3. The van der Waals surface area contributed by atoms with Gasteiger partial charge in [-0.25, -0.2) is 0 Å². The van der Waals surface area contributed by atoms with Crippen molar-refractivity contribution in [3.05, 3.63) is 123 Å². The molecular weight excluding hydrogens is 479 g/mol. The Balaban J connectivity index is 1.47. The molecule has 4 aromatic carbocycles. The molecule has 0 bridgehead atoms. The number of benzene rings is 4. The first-order valence-electron chi connectivity index (χ1n) is 11.0. The lowest BCUT2D eigenvalue weighted by Crippen LogP contribution is -2.13. The van der Waals surface area contributed by atoms with Gasteiger partial charge in [-0.05, 0) is 42.0 Å². The Kier molecular flexibility index (Phi) is 6.49. The fourth-order valence-electron chi connectivity index (χ4n) is 4.22. The lowest BCUT2D eigenvalue weighted by molar-refractivity contribution is 0.0988. The molecule has 6 heteroatoms. The average Bonchev–Trinajstić information content (AvgIpc) is 3.15. The van der Waals surface area contributed by atoms with Gasteiger partial charge in [0.25, 0.3) is 0 Å². The van der Waals surface area contributed by atoms with E-state index in [0.29, 0.717) is 26.9 Å². The highest BCUT2D eigenvalue weighted by atomic mass is 35.5. The molecule has 0 amide bonds. The maximum atomic E-state index is 13.2. The van der Waals surface area contributed by atoms with Gasteiger partial charge in [0.05, 0.1) is 35.1 Å². The summed E-state index contributed by atoms with van der Waals surface area (Å²) in [4.78, 5) is 22.7. The first-order chi connectivity index (χ1) is 17.0. The van der Waals surface area contributed by atoms with E-state index in [1.807, 2.05) is 78.9 Å². The second kappa shape index (κ2) is 9.87. The molecule has 1 aliphatic carbocycles. The van der Waals surface area contributed by atoms with Crippen LogP contribution in [0.1, 0.15) is 33.0 Å². The lowest BCUT2D eigenvalue weighted by atomic mass is 9.93. The van der Waals surface area contributed by atoms with Crippen LogP contribution >= 0.6 is 23.2 Å². The third-order valence-corrected chi connectivity index (χ3v) is 6.33. The van der Waals surface area contributed by atoms with E-state index in [1.54, 1.807) is 25.5 Å².